The molecule has 0 spiro atoms. The van der Waals surface area contributed by atoms with Gasteiger partial charge in [0.2, 0.25) is 0 Å². The Morgan fingerprint density at radius 3 is 2.77 bits per heavy atom. The summed E-state index contributed by atoms with van der Waals surface area (Å²) in [6.45, 7) is 0.478. The molecular weight excluding hydrogens is 282 g/mol. The van der Waals surface area contributed by atoms with Crippen molar-refractivity contribution in [3.8, 4) is 0 Å². The van der Waals surface area contributed by atoms with Crippen LogP contribution in [0.4, 0.5) is 4.39 Å². The van der Waals surface area contributed by atoms with Crippen LogP contribution in [-0.2, 0) is 0 Å². The van der Waals surface area contributed by atoms with Gasteiger partial charge in [-0.1, -0.05) is 0 Å². The zero-order valence-corrected chi connectivity index (χ0v) is 9.29. The summed E-state index contributed by atoms with van der Waals surface area (Å²) in [5, 5.41) is 0. The number of rotatable bonds is 3. The lowest BCUT2D eigenvalue weighted by Crippen LogP contribution is -2.16. The summed E-state index contributed by atoms with van der Waals surface area (Å²) in [6.07, 6.45) is 0.608. The van der Waals surface area contributed by atoms with Gasteiger partial charge in [0.1, 0.15) is 5.82 Å². The fraction of sp³-hybridized carbons (Fsp3) is 0.333. The number of benzene rings is 1. The molecule has 1 atom stereocenters. The highest BCUT2D eigenvalue weighted by Crippen LogP contribution is 2.19. The molecule has 0 fully saturated rings. The Labute approximate surface area is 90.6 Å². The second kappa shape index (κ2) is 4.88. The number of hydrogen-bond donors (Lipinski definition) is 2. The molecule has 0 aliphatic carbocycles. The minimum atomic E-state index is -0.292. The van der Waals surface area contributed by atoms with E-state index in [2.05, 4.69) is 22.6 Å². The number of halogens is 2. The van der Waals surface area contributed by atoms with Gasteiger partial charge in [-0.15, -0.1) is 0 Å². The van der Waals surface area contributed by atoms with Crippen LogP contribution in [0.2, 0.25) is 0 Å². The van der Waals surface area contributed by atoms with Crippen LogP contribution in [0.1, 0.15) is 18.0 Å². The van der Waals surface area contributed by atoms with Crippen LogP contribution in [-0.4, -0.2) is 6.54 Å². The molecule has 0 unspecified atom stereocenters. The van der Waals surface area contributed by atoms with Gasteiger partial charge in [-0.3, -0.25) is 0 Å². The first-order valence-electron chi connectivity index (χ1n) is 4.05. The van der Waals surface area contributed by atoms with Crippen molar-refractivity contribution in [3.05, 3.63) is 33.1 Å². The average Bonchev–Trinajstić information content (AvgIpc) is 2.09. The molecule has 0 saturated heterocycles. The van der Waals surface area contributed by atoms with E-state index in [1.165, 1.54) is 6.07 Å². The van der Waals surface area contributed by atoms with E-state index in [9.17, 15) is 4.39 Å². The van der Waals surface area contributed by atoms with E-state index >= 15 is 0 Å². The minimum absolute atomic E-state index is 0.249. The highest BCUT2D eigenvalue weighted by molar-refractivity contribution is 14.1. The quantitative estimate of drug-likeness (QED) is 0.835. The van der Waals surface area contributed by atoms with Crippen molar-refractivity contribution in [1.82, 2.24) is 0 Å². The Morgan fingerprint density at radius 2 is 2.15 bits per heavy atom. The molecule has 1 aromatic carbocycles. The van der Waals surface area contributed by atoms with Gasteiger partial charge in [-0.25, -0.2) is 4.39 Å². The molecule has 1 aromatic rings. The van der Waals surface area contributed by atoms with Crippen molar-refractivity contribution in [3.63, 3.8) is 0 Å². The monoisotopic (exact) mass is 294 g/mol. The maximum absolute atomic E-state index is 13.2. The predicted molar refractivity (Wildman–Crippen MR) is 59.7 cm³/mol. The van der Waals surface area contributed by atoms with Gasteiger partial charge in [0.15, 0.2) is 0 Å². The fourth-order valence-corrected chi connectivity index (χ4v) is 1.65. The van der Waals surface area contributed by atoms with Crippen molar-refractivity contribution in [1.29, 1.82) is 0 Å². The topological polar surface area (TPSA) is 52.0 Å². The summed E-state index contributed by atoms with van der Waals surface area (Å²) >= 11 is 2.13. The molecule has 2 nitrogen and oxygen atoms in total. The van der Waals surface area contributed by atoms with E-state index in [4.69, 9.17) is 11.5 Å². The lowest BCUT2D eigenvalue weighted by atomic mass is 10.0. The predicted octanol–water partition coefficient (Wildman–Crippen LogP) is 1.78. The van der Waals surface area contributed by atoms with Gasteiger partial charge in [0.25, 0.3) is 0 Å². The molecule has 0 aromatic heterocycles. The summed E-state index contributed by atoms with van der Waals surface area (Å²) < 4.78 is 14.2. The molecular formula is C9H12FIN2. The van der Waals surface area contributed by atoms with Gasteiger partial charge in [-0.2, -0.15) is 0 Å². The third-order valence-corrected chi connectivity index (χ3v) is 2.51. The molecule has 0 radical (unpaired) electrons. The van der Waals surface area contributed by atoms with Crippen molar-refractivity contribution in [2.24, 2.45) is 11.5 Å². The van der Waals surface area contributed by atoms with E-state index in [-0.39, 0.29) is 11.9 Å². The molecule has 13 heavy (non-hydrogen) atoms. The van der Waals surface area contributed by atoms with Crippen LogP contribution in [0, 0.1) is 9.39 Å². The summed E-state index contributed by atoms with van der Waals surface area (Å²) in [5.41, 5.74) is 11.7. The van der Waals surface area contributed by atoms with E-state index in [1.807, 2.05) is 0 Å². The van der Waals surface area contributed by atoms with E-state index < -0.39 is 0 Å². The first kappa shape index (κ1) is 10.9. The van der Waals surface area contributed by atoms with Crippen molar-refractivity contribution >= 4 is 22.6 Å². The van der Waals surface area contributed by atoms with Gasteiger partial charge >= 0.3 is 0 Å². The lowest BCUT2D eigenvalue weighted by Gasteiger charge is -2.11. The van der Waals surface area contributed by atoms with Crippen LogP contribution in [0.25, 0.3) is 0 Å². The third kappa shape index (κ3) is 2.89. The molecule has 0 amide bonds. The summed E-state index contributed by atoms with van der Waals surface area (Å²) in [6, 6.07) is 4.62. The van der Waals surface area contributed by atoms with Crippen molar-refractivity contribution < 1.29 is 4.39 Å². The maximum atomic E-state index is 13.2. The van der Waals surface area contributed by atoms with Crippen LogP contribution < -0.4 is 11.5 Å². The number of nitrogens with two attached hydrogens (primary N) is 2. The second-order valence-corrected chi connectivity index (χ2v) is 4.10. The van der Waals surface area contributed by atoms with Crippen LogP contribution in [0.5, 0.6) is 0 Å². The highest BCUT2D eigenvalue weighted by Gasteiger charge is 2.10. The summed E-state index contributed by atoms with van der Waals surface area (Å²) in [7, 11) is 0. The van der Waals surface area contributed by atoms with E-state index in [0.717, 1.165) is 3.57 Å². The minimum Gasteiger partial charge on any atom is -0.330 e. The first-order valence-corrected chi connectivity index (χ1v) is 5.13. The lowest BCUT2D eigenvalue weighted by molar-refractivity contribution is 0.567. The standard InChI is InChI=1S/C9H12FIN2/c10-8-2-1-6(11)5-7(8)9(13)3-4-12/h1-2,5,9H,3-4,12-13H2/t9-/m1/s1. The fourth-order valence-electron chi connectivity index (χ4n) is 1.13. The molecule has 4 heteroatoms. The molecule has 1 rings (SSSR count). The van der Waals surface area contributed by atoms with Crippen molar-refractivity contribution in [2.45, 2.75) is 12.5 Å². The smallest absolute Gasteiger partial charge is 0.128 e. The van der Waals surface area contributed by atoms with E-state index in [0.29, 0.717) is 18.5 Å². The summed E-state index contributed by atoms with van der Waals surface area (Å²) in [5.74, 6) is -0.249. The third-order valence-electron chi connectivity index (χ3n) is 1.84. The van der Waals surface area contributed by atoms with Crippen LogP contribution in [0.3, 0.4) is 0 Å². The SMILES string of the molecule is NCC[C@@H](N)c1cc(I)ccc1F. The van der Waals surface area contributed by atoms with Gasteiger partial charge < -0.3 is 11.5 Å². The Kier molecular flexibility index (Phi) is 4.08. The van der Waals surface area contributed by atoms with Gasteiger partial charge in [-0.05, 0) is 53.8 Å². The molecule has 0 aliphatic rings. The molecule has 72 valence electrons. The van der Waals surface area contributed by atoms with Gasteiger partial charge in [0, 0.05) is 15.2 Å². The van der Waals surface area contributed by atoms with Gasteiger partial charge in [0.05, 0.1) is 0 Å². The van der Waals surface area contributed by atoms with Crippen molar-refractivity contribution in [2.75, 3.05) is 6.54 Å². The first-order chi connectivity index (χ1) is 6.15. The Balaban J connectivity index is 2.91. The normalized spacial score (nSPS) is 12.9. The molecule has 0 saturated carbocycles. The zero-order chi connectivity index (χ0) is 9.84. The summed E-state index contributed by atoms with van der Waals surface area (Å²) in [4.78, 5) is 0. The average molecular weight is 294 g/mol. The Morgan fingerprint density at radius 1 is 1.46 bits per heavy atom. The highest BCUT2D eigenvalue weighted by atomic mass is 127. The molecule has 0 heterocycles. The Bertz CT molecular complexity index is 291. The van der Waals surface area contributed by atoms with Crippen LogP contribution in [0.15, 0.2) is 18.2 Å². The zero-order valence-electron chi connectivity index (χ0n) is 7.13. The number of hydrogen-bond acceptors (Lipinski definition) is 2. The molecule has 0 bridgehead atoms. The largest absolute Gasteiger partial charge is 0.330 e. The maximum Gasteiger partial charge on any atom is 0.128 e. The Hall–Kier alpha value is -0.200. The van der Waals surface area contributed by atoms with E-state index in [1.54, 1.807) is 12.1 Å². The molecule has 0 aliphatic heterocycles. The second-order valence-electron chi connectivity index (χ2n) is 2.85. The molecule has 4 N–H and O–H groups in total. The van der Waals surface area contributed by atoms with Crippen LogP contribution >= 0.6 is 22.6 Å².